The summed E-state index contributed by atoms with van der Waals surface area (Å²) in [4.78, 5) is 30.2. The predicted molar refractivity (Wildman–Crippen MR) is 115 cm³/mol. The van der Waals surface area contributed by atoms with E-state index in [1.54, 1.807) is 21.7 Å². The highest BCUT2D eigenvalue weighted by Gasteiger charge is 2.21. The number of aromatic carboxylic acids is 1. The highest BCUT2D eigenvalue weighted by Crippen LogP contribution is 2.15. The summed E-state index contributed by atoms with van der Waals surface area (Å²) in [5.74, 6) is -1.19. The fourth-order valence-electron chi connectivity index (χ4n) is 3.18. The Balaban J connectivity index is 1.59. The minimum absolute atomic E-state index is 0.0990. The van der Waals surface area contributed by atoms with E-state index < -0.39 is 5.97 Å². The molecule has 154 valence electrons. The van der Waals surface area contributed by atoms with Crippen LogP contribution in [0.3, 0.4) is 0 Å². The summed E-state index contributed by atoms with van der Waals surface area (Å²) in [5, 5.41) is 13.5. The lowest BCUT2D eigenvalue weighted by molar-refractivity contribution is 0.0692. The van der Waals surface area contributed by atoms with Crippen molar-refractivity contribution in [1.29, 1.82) is 0 Å². The van der Waals surface area contributed by atoms with Crippen LogP contribution in [-0.4, -0.2) is 36.6 Å². The first-order valence-corrected chi connectivity index (χ1v) is 9.72. The number of nitrogens with zero attached hydrogens (tertiary/aromatic N) is 4. The molecule has 0 fully saturated rings. The molecule has 0 aliphatic rings. The molecule has 31 heavy (non-hydrogen) atoms. The summed E-state index contributed by atoms with van der Waals surface area (Å²) in [6.45, 7) is 0.674. The number of para-hydroxylation sites is 1. The van der Waals surface area contributed by atoms with Crippen LogP contribution in [0.4, 0.5) is 0 Å². The third-order valence-electron chi connectivity index (χ3n) is 4.78. The average Bonchev–Trinajstić information content (AvgIpc) is 3.30. The van der Waals surface area contributed by atoms with Gasteiger partial charge in [-0.3, -0.25) is 4.79 Å². The van der Waals surface area contributed by atoms with Crippen molar-refractivity contribution in [3.05, 3.63) is 114 Å². The Bertz CT molecular complexity index is 1170. The van der Waals surface area contributed by atoms with Crippen molar-refractivity contribution >= 4 is 11.9 Å². The van der Waals surface area contributed by atoms with Crippen molar-refractivity contribution in [3.8, 4) is 5.69 Å². The second kappa shape index (κ2) is 9.04. The summed E-state index contributed by atoms with van der Waals surface area (Å²) in [6, 6.07) is 25.6. The first kappa shape index (κ1) is 20.0. The van der Waals surface area contributed by atoms with Crippen LogP contribution in [-0.2, 0) is 13.1 Å². The van der Waals surface area contributed by atoms with Crippen molar-refractivity contribution in [2.45, 2.75) is 13.1 Å². The van der Waals surface area contributed by atoms with E-state index in [1.807, 2.05) is 60.7 Å². The SMILES string of the molecule is O=C(O)c1ccc(CN(Cc2ccccc2)C(=O)c2ncn(-c3ccccc3)n2)cc1. The molecule has 0 bridgehead atoms. The van der Waals surface area contributed by atoms with Crippen LogP contribution in [0.2, 0.25) is 0 Å². The lowest BCUT2D eigenvalue weighted by Gasteiger charge is -2.22. The van der Waals surface area contributed by atoms with Gasteiger partial charge in [0.05, 0.1) is 11.3 Å². The van der Waals surface area contributed by atoms with Gasteiger partial charge in [0.15, 0.2) is 0 Å². The van der Waals surface area contributed by atoms with Crippen LogP contribution in [0, 0.1) is 0 Å². The Hall–Kier alpha value is -4.26. The van der Waals surface area contributed by atoms with E-state index in [2.05, 4.69) is 10.1 Å². The van der Waals surface area contributed by atoms with Gasteiger partial charge < -0.3 is 10.0 Å². The topological polar surface area (TPSA) is 88.3 Å². The molecule has 0 spiro atoms. The summed E-state index contributed by atoms with van der Waals surface area (Å²) >= 11 is 0. The Morgan fingerprint density at radius 3 is 2.00 bits per heavy atom. The van der Waals surface area contributed by atoms with Gasteiger partial charge in [-0.2, -0.15) is 0 Å². The molecule has 1 N–H and O–H groups in total. The minimum atomic E-state index is -0.987. The molecule has 0 aliphatic carbocycles. The fraction of sp³-hybridized carbons (Fsp3) is 0.0833. The molecule has 7 heteroatoms. The number of benzene rings is 3. The molecule has 0 saturated carbocycles. The number of rotatable bonds is 7. The van der Waals surface area contributed by atoms with E-state index in [-0.39, 0.29) is 17.3 Å². The Morgan fingerprint density at radius 1 is 0.806 bits per heavy atom. The van der Waals surface area contributed by atoms with Gasteiger partial charge in [0.25, 0.3) is 5.91 Å². The molecular weight excluding hydrogens is 392 g/mol. The average molecular weight is 412 g/mol. The summed E-state index contributed by atoms with van der Waals surface area (Å²) < 4.78 is 1.57. The molecule has 0 atom stereocenters. The monoisotopic (exact) mass is 412 g/mol. The quantitative estimate of drug-likeness (QED) is 0.499. The predicted octanol–water partition coefficient (Wildman–Crippen LogP) is 3.81. The van der Waals surface area contributed by atoms with Crippen molar-refractivity contribution in [3.63, 3.8) is 0 Å². The van der Waals surface area contributed by atoms with Gasteiger partial charge in [-0.25, -0.2) is 14.5 Å². The summed E-state index contributed by atoms with van der Waals surface area (Å²) in [5.41, 5.74) is 2.80. The first-order chi connectivity index (χ1) is 15.1. The number of hydrogen-bond donors (Lipinski definition) is 1. The highest BCUT2D eigenvalue weighted by molar-refractivity contribution is 5.90. The van der Waals surface area contributed by atoms with Crippen LogP contribution >= 0.6 is 0 Å². The van der Waals surface area contributed by atoms with Crippen LogP contribution in [0.1, 0.15) is 32.1 Å². The molecule has 1 amide bonds. The van der Waals surface area contributed by atoms with Crippen molar-refractivity contribution in [2.24, 2.45) is 0 Å². The maximum atomic E-state index is 13.3. The first-order valence-electron chi connectivity index (χ1n) is 9.72. The molecule has 1 heterocycles. The van der Waals surface area contributed by atoms with Crippen molar-refractivity contribution in [1.82, 2.24) is 19.7 Å². The fourth-order valence-corrected chi connectivity index (χ4v) is 3.18. The lowest BCUT2D eigenvalue weighted by atomic mass is 10.1. The zero-order valence-electron chi connectivity index (χ0n) is 16.6. The molecule has 1 aromatic heterocycles. The van der Waals surface area contributed by atoms with E-state index in [4.69, 9.17) is 5.11 Å². The van der Waals surface area contributed by atoms with E-state index in [9.17, 15) is 9.59 Å². The number of aromatic nitrogens is 3. The van der Waals surface area contributed by atoms with Gasteiger partial charge in [0.1, 0.15) is 6.33 Å². The van der Waals surface area contributed by atoms with Crippen molar-refractivity contribution < 1.29 is 14.7 Å². The second-order valence-corrected chi connectivity index (χ2v) is 7.00. The molecule has 4 rings (SSSR count). The van der Waals surface area contributed by atoms with Crippen molar-refractivity contribution in [2.75, 3.05) is 0 Å². The largest absolute Gasteiger partial charge is 0.478 e. The number of amides is 1. The molecule has 0 radical (unpaired) electrons. The standard InChI is InChI=1S/C24H20N4O3/c29-23(22-25-17-28(26-22)21-9-5-2-6-10-21)27(15-18-7-3-1-4-8-18)16-19-11-13-20(14-12-19)24(30)31/h1-14,17H,15-16H2,(H,30,31). The minimum Gasteiger partial charge on any atom is -0.478 e. The second-order valence-electron chi connectivity index (χ2n) is 7.00. The van der Waals surface area contributed by atoms with E-state index in [0.29, 0.717) is 13.1 Å². The molecule has 3 aromatic carbocycles. The van der Waals surface area contributed by atoms with E-state index in [1.165, 1.54) is 18.5 Å². The summed E-state index contributed by atoms with van der Waals surface area (Å²) in [7, 11) is 0. The lowest BCUT2D eigenvalue weighted by Crippen LogP contribution is -2.31. The Morgan fingerprint density at radius 2 is 1.39 bits per heavy atom. The van der Waals surface area contributed by atoms with Crippen LogP contribution in [0.5, 0.6) is 0 Å². The zero-order chi connectivity index (χ0) is 21.6. The molecule has 4 aromatic rings. The molecule has 0 unspecified atom stereocenters. The number of carbonyl (C=O) groups excluding carboxylic acids is 1. The van der Waals surface area contributed by atoms with E-state index in [0.717, 1.165) is 16.8 Å². The summed E-state index contributed by atoms with van der Waals surface area (Å²) in [6.07, 6.45) is 1.52. The third-order valence-corrected chi connectivity index (χ3v) is 4.78. The van der Waals surface area contributed by atoms with Gasteiger partial charge in [-0.05, 0) is 35.4 Å². The third kappa shape index (κ3) is 4.84. The molecule has 0 aliphatic heterocycles. The van der Waals surface area contributed by atoms with E-state index >= 15 is 0 Å². The molecule has 7 nitrogen and oxygen atoms in total. The maximum absolute atomic E-state index is 13.3. The number of carbonyl (C=O) groups is 2. The Kier molecular flexibility index (Phi) is 5.84. The Labute approximate surface area is 179 Å². The van der Waals surface area contributed by atoms with Gasteiger partial charge in [-0.15, -0.1) is 5.10 Å². The zero-order valence-corrected chi connectivity index (χ0v) is 16.6. The molecular formula is C24H20N4O3. The van der Waals surface area contributed by atoms with Gasteiger partial charge in [0, 0.05) is 13.1 Å². The number of hydrogen-bond acceptors (Lipinski definition) is 4. The molecule has 0 saturated heterocycles. The van der Waals surface area contributed by atoms with Gasteiger partial charge in [0.2, 0.25) is 5.82 Å². The van der Waals surface area contributed by atoms with Gasteiger partial charge >= 0.3 is 5.97 Å². The maximum Gasteiger partial charge on any atom is 0.335 e. The smallest absolute Gasteiger partial charge is 0.335 e. The normalized spacial score (nSPS) is 10.6. The number of carboxylic acids is 1. The van der Waals surface area contributed by atoms with Crippen LogP contribution in [0.25, 0.3) is 5.69 Å². The highest BCUT2D eigenvalue weighted by atomic mass is 16.4. The number of carboxylic acid groups (broad SMARTS) is 1. The van der Waals surface area contributed by atoms with Gasteiger partial charge in [-0.1, -0.05) is 60.7 Å². The van der Waals surface area contributed by atoms with Crippen LogP contribution in [0.15, 0.2) is 91.3 Å². The van der Waals surface area contributed by atoms with Crippen LogP contribution < -0.4 is 0 Å².